The number of methoxy groups -OCH3 is 2. The van der Waals surface area contributed by atoms with E-state index in [0.29, 0.717) is 40.9 Å². The zero-order valence-corrected chi connectivity index (χ0v) is 24.0. The molecule has 5 rings (SSSR count). The van der Waals surface area contributed by atoms with Gasteiger partial charge in [0, 0.05) is 11.1 Å². The minimum absolute atomic E-state index is 0.130. The summed E-state index contributed by atoms with van der Waals surface area (Å²) in [6.45, 7) is 0.272. The van der Waals surface area contributed by atoms with Gasteiger partial charge >= 0.3 is 0 Å². The highest BCUT2D eigenvalue weighted by atomic mass is 16.5. The minimum Gasteiger partial charge on any atom is -0.497 e. The standard InChI is InChI=1S/C37H32O6/c1-40-32-16-18-33(30(22-32)24-39)34-17-12-26(20-36(34)42-25-29-6-4-3-5-7-29)8-9-27-13-19-35(41-2)37(21-27)43-31-14-10-28(23-38)11-15-31/h3-23,39H,24-25H2,1-2H3/b9-8+. The van der Waals surface area contributed by atoms with Crippen LogP contribution in [0.25, 0.3) is 23.3 Å². The van der Waals surface area contributed by atoms with Crippen molar-refractivity contribution in [3.8, 4) is 39.9 Å². The molecule has 0 amide bonds. The first-order valence-corrected chi connectivity index (χ1v) is 13.8. The van der Waals surface area contributed by atoms with Crippen molar-refractivity contribution in [3.63, 3.8) is 0 Å². The molecule has 0 unspecified atom stereocenters. The van der Waals surface area contributed by atoms with Gasteiger partial charge in [-0.2, -0.15) is 0 Å². The van der Waals surface area contributed by atoms with Crippen LogP contribution in [0.2, 0.25) is 0 Å². The molecule has 0 aliphatic rings. The molecule has 0 spiro atoms. The molecule has 0 aliphatic heterocycles. The summed E-state index contributed by atoms with van der Waals surface area (Å²) in [7, 11) is 3.20. The van der Waals surface area contributed by atoms with Gasteiger partial charge in [0.15, 0.2) is 11.5 Å². The SMILES string of the molecule is COc1ccc(-c2ccc(/C=C/c3ccc(OC)c(Oc4ccc(C=O)cc4)c3)cc2OCc2ccccc2)c(CO)c1. The summed E-state index contributed by atoms with van der Waals surface area (Å²) in [4.78, 5) is 11.0. The largest absolute Gasteiger partial charge is 0.497 e. The van der Waals surface area contributed by atoms with E-state index in [2.05, 4.69) is 0 Å². The summed E-state index contributed by atoms with van der Waals surface area (Å²) in [6.07, 6.45) is 4.79. The molecule has 43 heavy (non-hydrogen) atoms. The fourth-order valence-corrected chi connectivity index (χ4v) is 4.62. The Morgan fingerprint density at radius 2 is 1.28 bits per heavy atom. The smallest absolute Gasteiger partial charge is 0.169 e. The van der Waals surface area contributed by atoms with Gasteiger partial charge in [0.1, 0.15) is 30.1 Å². The minimum atomic E-state index is -0.130. The number of carbonyl (C=O) groups excluding carboxylic acids is 1. The Hall–Kier alpha value is -5.33. The Kier molecular flexibility index (Phi) is 9.52. The summed E-state index contributed by atoms with van der Waals surface area (Å²) in [5, 5.41) is 10.1. The van der Waals surface area contributed by atoms with Crippen molar-refractivity contribution < 1.29 is 28.8 Å². The average molecular weight is 573 g/mol. The molecule has 5 aromatic carbocycles. The lowest BCUT2D eigenvalue weighted by Gasteiger charge is -2.16. The van der Waals surface area contributed by atoms with Crippen molar-refractivity contribution in [2.24, 2.45) is 0 Å². The van der Waals surface area contributed by atoms with Gasteiger partial charge in [-0.1, -0.05) is 66.7 Å². The van der Waals surface area contributed by atoms with Crippen molar-refractivity contribution in [2.75, 3.05) is 14.2 Å². The van der Waals surface area contributed by atoms with Gasteiger partial charge in [0.2, 0.25) is 0 Å². The van der Waals surface area contributed by atoms with Crippen LogP contribution in [0.4, 0.5) is 0 Å². The normalized spacial score (nSPS) is 10.9. The summed E-state index contributed by atoms with van der Waals surface area (Å²) in [6, 6.07) is 34.3. The maximum Gasteiger partial charge on any atom is 0.169 e. The van der Waals surface area contributed by atoms with Crippen LogP contribution in [-0.4, -0.2) is 25.6 Å². The fraction of sp³-hybridized carbons (Fsp3) is 0.108. The maximum atomic E-state index is 11.0. The van der Waals surface area contributed by atoms with Crippen LogP contribution in [0.1, 0.15) is 32.6 Å². The van der Waals surface area contributed by atoms with Crippen LogP contribution >= 0.6 is 0 Å². The molecule has 0 heterocycles. The van der Waals surface area contributed by atoms with Gasteiger partial charge in [-0.15, -0.1) is 0 Å². The summed E-state index contributed by atoms with van der Waals surface area (Å²) >= 11 is 0. The number of aldehydes is 1. The lowest BCUT2D eigenvalue weighted by atomic mass is 9.97. The van der Waals surface area contributed by atoms with Crippen molar-refractivity contribution in [3.05, 3.63) is 137 Å². The number of carbonyl (C=O) groups is 1. The van der Waals surface area contributed by atoms with E-state index >= 15 is 0 Å². The molecule has 6 heteroatoms. The Labute approximate surface area is 251 Å². The number of ether oxygens (including phenoxy) is 4. The predicted molar refractivity (Wildman–Crippen MR) is 169 cm³/mol. The van der Waals surface area contributed by atoms with E-state index in [0.717, 1.165) is 39.7 Å². The van der Waals surface area contributed by atoms with Gasteiger partial charge in [0.25, 0.3) is 0 Å². The molecule has 0 saturated carbocycles. The highest BCUT2D eigenvalue weighted by Gasteiger charge is 2.13. The predicted octanol–water partition coefficient (Wildman–Crippen LogP) is 8.22. The Bertz CT molecular complexity index is 1710. The lowest BCUT2D eigenvalue weighted by Crippen LogP contribution is -1.99. The monoisotopic (exact) mass is 572 g/mol. The summed E-state index contributed by atoms with van der Waals surface area (Å²) in [5.41, 5.74) is 5.98. The molecule has 6 nitrogen and oxygen atoms in total. The maximum absolute atomic E-state index is 11.0. The number of aliphatic hydroxyl groups excluding tert-OH is 1. The van der Waals surface area contributed by atoms with Crippen molar-refractivity contribution in [1.82, 2.24) is 0 Å². The van der Waals surface area contributed by atoms with Crippen molar-refractivity contribution in [1.29, 1.82) is 0 Å². The number of hydrogen-bond acceptors (Lipinski definition) is 6. The number of rotatable bonds is 12. The van der Waals surface area contributed by atoms with Crippen molar-refractivity contribution in [2.45, 2.75) is 13.2 Å². The van der Waals surface area contributed by atoms with Gasteiger partial charge in [-0.05, 0) is 82.4 Å². The van der Waals surface area contributed by atoms with E-state index in [1.165, 1.54) is 0 Å². The van der Waals surface area contributed by atoms with Gasteiger partial charge in [-0.3, -0.25) is 4.79 Å². The van der Waals surface area contributed by atoms with E-state index in [9.17, 15) is 9.90 Å². The molecule has 0 atom stereocenters. The molecule has 0 aliphatic carbocycles. The first kappa shape index (κ1) is 29.2. The number of hydrogen-bond donors (Lipinski definition) is 1. The van der Waals surface area contributed by atoms with Crippen LogP contribution in [0.15, 0.2) is 109 Å². The fourth-order valence-electron chi connectivity index (χ4n) is 4.62. The molecule has 5 aromatic rings. The molecule has 0 fully saturated rings. The van der Waals surface area contributed by atoms with E-state index < -0.39 is 0 Å². The highest BCUT2D eigenvalue weighted by molar-refractivity contribution is 5.78. The third kappa shape index (κ3) is 7.31. The van der Waals surface area contributed by atoms with E-state index in [4.69, 9.17) is 18.9 Å². The molecule has 1 N–H and O–H groups in total. The molecule has 0 aromatic heterocycles. The average Bonchev–Trinajstić information content (AvgIpc) is 3.07. The third-order valence-electron chi connectivity index (χ3n) is 6.92. The first-order valence-electron chi connectivity index (χ1n) is 13.8. The molecule has 0 radical (unpaired) electrons. The lowest BCUT2D eigenvalue weighted by molar-refractivity contribution is 0.112. The van der Waals surface area contributed by atoms with Crippen LogP contribution in [-0.2, 0) is 13.2 Å². The van der Waals surface area contributed by atoms with Crippen LogP contribution in [0.5, 0.6) is 28.7 Å². The highest BCUT2D eigenvalue weighted by Crippen LogP contribution is 2.37. The molecule has 0 bridgehead atoms. The number of aliphatic hydroxyl groups is 1. The van der Waals surface area contributed by atoms with Crippen molar-refractivity contribution >= 4 is 18.4 Å². The zero-order chi connectivity index (χ0) is 30.0. The quantitative estimate of drug-likeness (QED) is 0.120. The van der Waals surface area contributed by atoms with Crippen LogP contribution < -0.4 is 18.9 Å². The van der Waals surface area contributed by atoms with E-state index in [-0.39, 0.29) is 6.61 Å². The Morgan fingerprint density at radius 3 is 1.95 bits per heavy atom. The van der Waals surface area contributed by atoms with Gasteiger partial charge in [0.05, 0.1) is 20.8 Å². The molecular weight excluding hydrogens is 540 g/mol. The Morgan fingerprint density at radius 1 is 0.628 bits per heavy atom. The first-order chi connectivity index (χ1) is 21.1. The van der Waals surface area contributed by atoms with E-state index in [1.54, 1.807) is 38.5 Å². The van der Waals surface area contributed by atoms with Crippen LogP contribution in [0.3, 0.4) is 0 Å². The topological polar surface area (TPSA) is 74.2 Å². The zero-order valence-electron chi connectivity index (χ0n) is 24.0. The Balaban J connectivity index is 1.45. The van der Waals surface area contributed by atoms with Gasteiger partial charge < -0.3 is 24.1 Å². The second-order valence-electron chi connectivity index (χ2n) is 9.74. The van der Waals surface area contributed by atoms with E-state index in [1.807, 2.05) is 97.1 Å². The van der Waals surface area contributed by atoms with Crippen LogP contribution in [0, 0.1) is 0 Å². The third-order valence-corrected chi connectivity index (χ3v) is 6.92. The summed E-state index contributed by atoms with van der Waals surface area (Å²) < 4.78 is 23.3. The molecular formula is C37H32O6. The molecule has 216 valence electrons. The number of benzene rings is 5. The second-order valence-corrected chi connectivity index (χ2v) is 9.74. The summed E-state index contributed by atoms with van der Waals surface area (Å²) in [5.74, 6) is 3.13. The second kappa shape index (κ2) is 14.0. The van der Waals surface area contributed by atoms with Gasteiger partial charge in [-0.25, -0.2) is 0 Å². The molecule has 0 saturated heterocycles.